The maximum Gasteiger partial charge on any atom is 0.229 e. The fourth-order valence-electron chi connectivity index (χ4n) is 4.95. The minimum atomic E-state index is -3.39. The normalized spacial score (nSPS) is 17.6. The van der Waals surface area contributed by atoms with E-state index in [0.717, 1.165) is 40.3 Å². The number of hydrogen-bond donors (Lipinski definition) is 2. The molecular weight excluding hydrogens is 509 g/mol. The molecule has 190 valence electrons. The van der Waals surface area contributed by atoms with Crippen molar-refractivity contribution in [2.24, 2.45) is 0 Å². The molecule has 5 rings (SSSR count). The van der Waals surface area contributed by atoms with E-state index in [9.17, 15) is 12.8 Å². The Morgan fingerprint density at radius 3 is 2.41 bits per heavy atom. The number of anilines is 2. The first-order valence-corrected chi connectivity index (χ1v) is 14.0. The van der Waals surface area contributed by atoms with Crippen molar-refractivity contribution in [1.82, 2.24) is 14.9 Å². The Bertz CT molecular complexity index is 1570. The van der Waals surface area contributed by atoms with Crippen LogP contribution in [0.25, 0.3) is 5.69 Å². The van der Waals surface area contributed by atoms with Crippen molar-refractivity contribution in [3.05, 3.63) is 107 Å². The van der Waals surface area contributed by atoms with Crippen LogP contribution < -0.4 is 14.9 Å². The number of aryl methyl sites for hydroxylation is 1. The molecular formula is C27H26FN5O2S2. The van der Waals surface area contributed by atoms with E-state index in [1.54, 1.807) is 24.4 Å². The molecule has 0 radical (unpaired) electrons. The van der Waals surface area contributed by atoms with Crippen LogP contribution in [0.4, 0.5) is 15.8 Å². The number of benzene rings is 2. The Morgan fingerprint density at radius 1 is 1.00 bits per heavy atom. The summed E-state index contributed by atoms with van der Waals surface area (Å²) in [6.07, 6.45) is 2.86. The molecule has 1 aliphatic heterocycles. The van der Waals surface area contributed by atoms with Crippen molar-refractivity contribution in [1.29, 1.82) is 0 Å². The first kappa shape index (κ1) is 24.9. The van der Waals surface area contributed by atoms with Crippen LogP contribution in [0.1, 0.15) is 34.7 Å². The van der Waals surface area contributed by atoms with E-state index in [-0.39, 0.29) is 17.9 Å². The summed E-state index contributed by atoms with van der Waals surface area (Å²) < 4.78 is 41.9. The van der Waals surface area contributed by atoms with Gasteiger partial charge >= 0.3 is 0 Å². The van der Waals surface area contributed by atoms with Gasteiger partial charge in [-0.1, -0.05) is 12.1 Å². The SMILES string of the molecule is Cc1cc([C@@H]2[C@H](c3ccccn3)NC(=S)N2c2ccc(NS(C)(=O)=O)cc2)c(C)n1-c1cccc(F)c1. The number of aromatic nitrogens is 2. The van der Waals surface area contributed by atoms with Crippen molar-refractivity contribution in [2.75, 3.05) is 15.9 Å². The highest BCUT2D eigenvalue weighted by Gasteiger charge is 2.42. The van der Waals surface area contributed by atoms with Gasteiger partial charge in [-0.25, -0.2) is 12.8 Å². The lowest BCUT2D eigenvalue weighted by atomic mass is 9.96. The Kier molecular flexibility index (Phi) is 6.47. The lowest BCUT2D eigenvalue weighted by Crippen LogP contribution is -2.29. The summed E-state index contributed by atoms with van der Waals surface area (Å²) in [5.74, 6) is -0.300. The summed E-state index contributed by atoms with van der Waals surface area (Å²) >= 11 is 5.81. The van der Waals surface area contributed by atoms with E-state index in [0.29, 0.717) is 10.8 Å². The maximum absolute atomic E-state index is 14.1. The quantitative estimate of drug-likeness (QED) is 0.332. The Hall–Kier alpha value is -3.76. The van der Waals surface area contributed by atoms with E-state index < -0.39 is 10.0 Å². The molecule has 2 atom stereocenters. The van der Waals surface area contributed by atoms with Crippen molar-refractivity contribution in [3.8, 4) is 5.69 Å². The summed E-state index contributed by atoms with van der Waals surface area (Å²) in [5.41, 5.74) is 5.78. The summed E-state index contributed by atoms with van der Waals surface area (Å²) in [4.78, 5) is 6.62. The number of pyridine rings is 1. The molecule has 2 N–H and O–H groups in total. The van der Waals surface area contributed by atoms with Gasteiger partial charge in [0.05, 0.1) is 24.0 Å². The third kappa shape index (κ3) is 4.94. The third-order valence-corrected chi connectivity index (χ3v) is 7.32. The van der Waals surface area contributed by atoms with Crippen LogP contribution in [-0.4, -0.2) is 29.3 Å². The number of hydrogen-bond acceptors (Lipinski definition) is 4. The average molecular weight is 536 g/mol. The molecule has 10 heteroatoms. The number of sulfonamides is 1. The van der Waals surface area contributed by atoms with Gasteiger partial charge in [-0.15, -0.1) is 0 Å². The highest BCUT2D eigenvalue weighted by molar-refractivity contribution is 7.92. The first-order chi connectivity index (χ1) is 17.6. The van der Waals surface area contributed by atoms with E-state index in [1.165, 1.54) is 12.1 Å². The molecule has 0 aliphatic carbocycles. The van der Waals surface area contributed by atoms with Gasteiger partial charge in [0.25, 0.3) is 0 Å². The fourth-order valence-corrected chi connectivity index (χ4v) is 5.86. The summed E-state index contributed by atoms with van der Waals surface area (Å²) in [6.45, 7) is 4.01. The topological polar surface area (TPSA) is 79.3 Å². The fraction of sp³-hybridized carbons (Fsp3) is 0.185. The molecule has 37 heavy (non-hydrogen) atoms. The van der Waals surface area contributed by atoms with Crippen molar-refractivity contribution in [2.45, 2.75) is 25.9 Å². The minimum absolute atomic E-state index is 0.246. The predicted molar refractivity (Wildman–Crippen MR) is 148 cm³/mol. The first-order valence-electron chi connectivity index (χ1n) is 11.7. The molecule has 3 heterocycles. The zero-order chi connectivity index (χ0) is 26.3. The molecule has 0 unspecified atom stereocenters. The van der Waals surface area contributed by atoms with E-state index in [1.807, 2.05) is 59.7 Å². The lowest BCUT2D eigenvalue weighted by molar-refractivity contribution is 0.565. The largest absolute Gasteiger partial charge is 0.351 e. The maximum atomic E-state index is 14.1. The molecule has 1 saturated heterocycles. The predicted octanol–water partition coefficient (Wildman–Crippen LogP) is 5.18. The summed E-state index contributed by atoms with van der Waals surface area (Å²) in [6, 6.07) is 21.0. The van der Waals surface area contributed by atoms with Crippen LogP contribution in [0, 0.1) is 19.7 Å². The van der Waals surface area contributed by atoms with E-state index in [4.69, 9.17) is 12.2 Å². The number of nitrogens with zero attached hydrogens (tertiary/aromatic N) is 3. The second kappa shape index (κ2) is 9.60. The molecule has 0 spiro atoms. The molecule has 0 bridgehead atoms. The number of nitrogens with one attached hydrogen (secondary N) is 2. The minimum Gasteiger partial charge on any atom is -0.351 e. The number of thiocarbonyl (C=S) groups is 1. The van der Waals surface area contributed by atoms with Crippen molar-refractivity contribution in [3.63, 3.8) is 0 Å². The van der Waals surface area contributed by atoms with Crippen LogP contribution in [0.5, 0.6) is 0 Å². The monoisotopic (exact) mass is 535 g/mol. The Labute approximate surface area is 221 Å². The van der Waals surface area contributed by atoms with Crippen molar-refractivity contribution >= 4 is 38.7 Å². The smallest absolute Gasteiger partial charge is 0.229 e. The van der Waals surface area contributed by atoms with Crippen molar-refractivity contribution < 1.29 is 12.8 Å². The molecule has 2 aromatic heterocycles. The highest BCUT2D eigenvalue weighted by Crippen LogP contribution is 2.44. The number of rotatable bonds is 6. The van der Waals surface area contributed by atoms with E-state index >= 15 is 0 Å². The second-order valence-corrected chi connectivity index (χ2v) is 11.2. The van der Waals surface area contributed by atoms with Crippen LogP contribution >= 0.6 is 12.2 Å². The summed E-state index contributed by atoms with van der Waals surface area (Å²) in [7, 11) is -3.39. The van der Waals surface area contributed by atoms with Gasteiger partial charge in [-0.3, -0.25) is 9.71 Å². The van der Waals surface area contributed by atoms with Crippen LogP contribution in [-0.2, 0) is 10.0 Å². The average Bonchev–Trinajstić information content (AvgIpc) is 3.34. The Morgan fingerprint density at radius 2 is 1.76 bits per heavy atom. The molecule has 1 aliphatic rings. The van der Waals surface area contributed by atoms with Crippen LogP contribution in [0.2, 0.25) is 0 Å². The van der Waals surface area contributed by atoms with Gasteiger partial charge in [-0.05, 0) is 92.3 Å². The van der Waals surface area contributed by atoms with Gasteiger partial charge in [0, 0.05) is 34.6 Å². The molecule has 2 aromatic carbocycles. The van der Waals surface area contributed by atoms with Crippen LogP contribution in [0.15, 0.2) is 79.0 Å². The highest BCUT2D eigenvalue weighted by atomic mass is 32.2. The van der Waals surface area contributed by atoms with Gasteiger partial charge in [0.1, 0.15) is 5.82 Å². The van der Waals surface area contributed by atoms with Gasteiger partial charge in [0.15, 0.2) is 5.11 Å². The zero-order valence-electron chi connectivity index (χ0n) is 20.5. The molecule has 0 saturated carbocycles. The number of halogens is 1. The summed E-state index contributed by atoms with van der Waals surface area (Å²) in [5, 5.41) is 3.97. The van der Waals surface area contributed by atoms with Gasteiger partial charge in [-0.2, -0.15) is 0 Å². The zero-order valence-corrected chi connectivity index (χ0v) is 22.1. The molecule has 4 aromatic rings. The molecule has 0 amide bonds. The van der Waals surface area contributed by atoms with E-state index in [2.05, 4.69) is 21.1 Å². The molecule has 1 fully saturated rings. The third-order valence-electron chi connectivity index (χ3n) is 6.40. The second-order valence-electron chi connectivity index (χ2n) is 9.06. The lowest BCUT2D eigenvalue weighted by Gasteiger charge is -2.28. The Balaban J connectivity index is 1.63. The van der Waals surface area contributed by atoms with Gasteiger partial charge < -0.3 is 14.8 Å². The van der Waals surface area contributed by atoms with Gasteiger partial charge in [0.2, 0.25) is 10.0 Å². The van der Waals surface area contributed by atoms with Crippen LogP contribution in [0.3, 0.4) is 0 Å². The standard InChI is InChI=1S/C27H26FN5O2S2/c1-17-15-23(18(2)32(17)22-8-6-7-19(28)16-22)26-25(24-9-4-5-14-29-24)30-27(36)33(26)21-12-10-20(11-13-21)31-37(3,34)35/h4-16,25-26,31H,1-3H3,(H,30,36)/t25-,26+/m0/s1. The molecule has 7 nitrogen and oxygen atoms in total.